The van der Waals surface area contributed by atoms with E-state index in [0.29, 0.717) is 12.4 Å². The largest absolute Gasteiger partial charge is 0.478 e. The Balaban J connectivity index is 2.64. The number of carboxylic acids is 1. The third-order valence-corrected chi connectivity index (χ3v) is 1.54. The molecule has 0 aliphatic rings. The van der Waals surface area contributed by atoms with Crippen LogP contribution in [0.2, 0.25) is 0 Å². The van der Waals surface area contributed by atoms with Gasteiger partial charge in [-0.1, -0.05) is 0 Å². The van der Waals surface area contributed by atoms with Crippen molar-refractivity contribution >= 4 is 18.0 Å². The van der Waals surface area contributed by atoms with Gasteiger partial charge in [0.1, 0.15) is 12.0 Å². The van der Waals surface area contributed by atoms with E-state index >= 15 is 0 Å². The summed E-state index contributed by atoms with van der Waals surface area (Å²) < 4.78 is 9.51. The van der Waals surface area contributed by atoms with Gasteiger partial charge in [0, 0.05) is 6.08 Å². The fraction of sp³-hybridized carbons (Fsp3) is 0.200. The lowest BCUT2D eigenvalue weighted by Crippen LogP contribution is -1.98. The summed E-state index contributed by atoms with van der Waals surface area (Å²) in [7, 11) is 0. The van der Waals surface area contributed by atoms with E-state index in [1.165, 1.54) is 18.2 Å². The van der Waals surface area contributed by atoms with E-state index in [1.807, 2.05) is 0 Å². The van der Waals surface area contributed by atoms with E-state index in [9.17, 15) is 9.59 Å². The van der Waals surface area contributed by atoms with Crippen LogP contribution in [0.25, 0.3) is 6.08 Å². The average molecular weight is 210 g/mol. The number of hydrogen-bond acceptors (Lipinski definition) is 4. The summed E-state index contributed by atoms with van der Waals surface area (Å²) in [4.78, 5) is 21.4. The number of hydrogen-bond donors (Lipinski definition) is 1. The number of carbonyl (C=O) groups is 2. The van der Waals surface area contributed by atoms with Crippen LogP contribution in [0.5, 0.6) is 0 Å². The molecule has 0 radical (unpaired) electrons. The summed E-state index contributed by atoms with van der Waals surface area (Å²) >= 11 is 0. The fourth-order valence-corrected chi connectivity index (χ4v) is 0.893. The lowest BCUT2D eigenvalue weighted by molar-refractivity contribution is -0.137. The van der Waals surface area contributed by atoms with Crippen molar-refractivity contribution in [2.45, 2.75) is 6.92 Å². The quantitative estimate of drug-likeness (QED) is 0.602. The highest BCUT2D eigenvalue weighted by Gasteiger charge is 2.06. The van der Waals surface area contributed by atoms with Crippen LogP contribution in [0.15, 0.2) is 22.8 Å². The van der Waals surface area contributed by atoms with Crippen molar-refractivity contribution < 1.29 is 23.8 Å². The van der Waals surface area contributed by atoms with Crippen LogP contribution < -0.4 is 0 Å². The molecule has 0 fully saturated rings. The highest BCUT2D eigenvalue weighted by molar-refractivity contribution is 5.89. The number of esters is 1. The summed E-state index contributed by atoms with van der Waals surface area (Å²) in [6, 6.07) is 1.32. The molecule has 0 aromatic carbocycles. The van der Waals surface area contributed by atoms with Crippen molar-refractivity contribution in [2.75, 3.05) is 6.61 Å². The van der Waals surface area contributed by atoms with Crippen molar-refractivity contribution in [2.24, 2.45) is 0 Å². The van der Waals surface area contributed by atoms with Crippen molar-refractivity contribution in [1.82, 2.24) is 0 Å². The van der Waals surface area contributed by atoms with Crippen LogP contribution >= 0.6 is 0 Å². The van der Waals surface area contributed by atoms with Crippen molar-refractivity contribution in [3.8, 4) is 0 Å². The molecule has 0 saturated carbocycles. The van der Waals surface area contributed by atoms with Gasteiger partial charge in [0.2, 0.25) is 0 Å². The molecule has 0 amide bonds. The Bertz CT molecular complexity index is 388. The Morgan fingerprint density at radius 1 is 1.60 bits per heavy atom. The van der Waals surface area contributed by atoms with Gasteiger partial charge in [-0.05, 0) is 19.1 Å². The molecule has 15 heavy (non-hydrogen) atoms. The van der Waals surface area contributed by atoms with Gasteiger partial charge in [-0.25, -0.2) is 9.59 Å². The first-order valence-corrected chi connectivity index (χ1v) is 4.30. The van der Waals surface area contributed by atoms with E-state index in [4.69, 9.17) is 9.52 Å². The van der Waals surface area contributed by atoms with Gasteiger partial charge in [0.05, 0.1) is 12.2 Å². The smallest absolute Gasteiger partial charge is 0.338 e. The molecule has 1 N–H and O–H groups in total. The zero-order valence-electron chi connectivity index (χ0n) is 8.10. The molecule has 0 aliphatic carbocycles. The minimum atomic E-state index is -1.07. The SMILES string of the molecule is CCOC(=O)/C=C/c1cc(C(=O)O)co1. The predicted octanol–water partition coefficient (Wildman–Crippen LogP) is 1.55. The minimum Gasteiger partial charge on any atom is -0.478 e. The molecule has 0 unspecified atom stereocenters. The molecule has 0 spiro atoms. The van der Waals surface area contributed by atoms with Crippen LogP contribution in [-0.4, -0.2) is 23.7 Å². The molecule has 5 heteroatoms. The first-order chi connectivity index (χ1) is 7.13. The van der Waals surface area contributed by atoms with E-state index in [2.05, 4.69) is 4.74 Å². The highest BCUT2D eigenvalue weighted by atomic mass is 16.5. The van der Waals surface area contributed by atoms with Crippen molar-refractivity contribution in [3.63, 3.8) is 0 Å². The molecule has 1 aromatic rings. The predicted molar refractivity (Wildman–Crippen MR) is 51.3 cm³/mol. The minimum absolute atomic E-state index is 0.0403. The normalized spacial score (nSPS) is 10.5. The summed E-state index contributed by atoms with van der Waals surface area (Å²) in [6.07, 6.45) is 3.63. The second-order valence-electron chi connectivity index (χ2n) is 2.63. The van der Waals surface area contributed by atoms with Crippen molar-refractivity contribution in [3.05, 3.63) is 29.7 Å². The first kappa shape index (κ1) is 11.0. The van der Waals surface area contributed by atoms with Crippen LogP contribution in [0.4, 0.5) is 0 Å². The average Bonchev–Trinajstić information content (AvgIpc) is 2.63. The molecule has 1 rings (SSSR count). The molecule has 0 atom stereocenters. The third kappa shape index (κ3) is 3.30. The van der Waals surface area contributed by atoms with Gasteiger partial charge in [-0.15, -0.1) is 0 Å². The maximum Gasteiger partial charge on any atom is 0.338 e. The molecular formula is C10H10O5. The molecule has 80 valence electrons. The Hall–Kier alpha value is -2.04. The Kier molecular flexibility index (Phi) is 3.68. The Morgan fingerprint density at radius 3 is 2.87 bits per heavy atom. The Labute approximate surface area is 86.0 Å². The van der Waals surface area contributed by atoms with Gasteiger partial charge in [-0.2, -0.15) is 0 Å². The monoisotopic (exact) mass is 210 g/mol. The summed E-state index contributed by atoms with van der Waals surface area (Å²) in [6.45, 7) is 1.99. The number of carboxylic acid groups (broad SMARTS) is 1. The van der Waals surface area contributed by atoms with Gasteiger partial charge in [-0.3, -0.25) is 0 Å². The zero-order valence-corrected chi connectivity index (χ0v) is 8.10. The van der Waals surface area contributed by atoms with E-state index in [1.54, 1.807) is 6.92 Å². The fourth-order valence-electron chi connectivity index (χ4n) is 0.893. The van der Waals surface area contributed by atoms with Crippen LogP contribution in [0, 0.1) is 0 Å². The topological polar surface area (TPSA) is 76.7 Å². The zero-order chi connectivity index (χ0) is 11.3. The van der Waals surface area contributed by atoms with E-state index in [-0.39, 0.29) is 5.56 Å². The highest BCUT2D eigenvalue weighted by Crippen LogP contribution is 2.09. The van der Waals surface area contributed by atoms with E-state index < -0.39 is 11.9 Å². The van der Waals surface area contributed by atoms with Crippen LogP contribution in [0.3, 0.4) is 0 Å². The summed E-state index contributed by atoms with van der Waals surface area (Å²) in [5.74, 6) is -1.28. The molecule has 5 nitrogen and oxygen atoms in total. The van der Waals surface area contributed by atoms with Gasteiger partial charge in [0.25, 0.3) is 0 Å². The van der Waals surface area contributed by atoms with Gasteiger partial charge in [0.15, 0.2) is 0 Å². The van der Waals surface area contributed by atoms with E-state index in [0.717, 1.165) is 6.26 Å². The molecule has 0 bridgehead atoms. The number of aromatic carboxylic acids is 1. The molecule has 0 saturated heterocycles. The second kappa shape index (κ2) is 4.99. The molecular weight excluding hydrogens is 200 g/mol. The standard InChI is InChI=1S/C10H10O5/c1-2-14-9(11)4-3-8-5-7(6-15-8)10(12)13/h3-6H,2H2,1H3,(H,12,13)/b4-3+. The summed E-state index contributed by atoms with van der Waals surface area (Å²) in [5.41, 5.74) is 0.0403. The lowest BCUT2D eigenvalue weighted by atomic mass is 10.3. The van der Waals surface area contributed by atoms with Gasteiger partial charge >= 0.3 is 11.9 Å². The lowest BCUT2D eigenvalue weighted by Gasteiger charge is -1.92. The number of ether oxygens (including phenoxy) is 1. The molecule has 1 heterocycles. The molecule has 1 aromatic heterocycles. The third-order valence-electron chi connectivity index (χ3n) is 1.54. The summed E-state index contributed by atoms with van der Waals surface area (Å²) in [5, 5.41) is 8.58. The van der Waals surface area contributed by atoms with Crippen molar-refractivity contribution in [1.29, 1.82) is 0 Å². The number of furan rings is 1. The Morgan fingerprint density at radius 2 is 2.33 bits per heavy atom. The van der Waals surface area contributed by atoms with Crippen LogP contribution in [0.1, 0.15) is 23.0 Å². The second-order valence-corrected chi connectivity index (χ2v) is 2.63. The number of carbonyl (C=O) groups excluding carboxylic acids is 1. The maximum absolute atomic E-state index is 10.9. The number of rotatable bonds is 4. The van der Waals surface area contributed by atoms with Crippen LogP contribution in [-0.2, 0) is 9.53 Å². The maximum atomic E-state index is 10.9. The molecule has 0 aliphatic heterocycles. The first-order valence-electron chi connectivity index (χ1n) is 4.30. The van der Waals surface area contributed by atoms with Gasteiger partial charge < -0.3 is 14.3 Å².